The molecular formula is C13H20N2O2S. The molecule has 1 unspecified atom stereocenters. The van der Waals surface area contributed by atoms with Gasteiger partial charge in [-0.2, -0.15) is 11.3 Å². The lowest BCUT2D eigenvalue weighted by Crippen LogP contribution is -2.45. The second kappa shape index (κ2) is 6.31. The molecule has 0 spiro atoms. The fraction of sp³-hybridized carbons (Fsp3) is 0.615. The number of hydrogen-bond donors (Lipinski definition) is 1. The molecule has 0 radical (unpaired) electrons. The lowest BCUT2D eigenvalue weighted by atomic mass is 10.2. The predicted octanol–water partition coefficient (Wildman–Crippen LogP) is 1.60. The van der Waals surface area contributed by atoms with Crippen LogP contribution in [0.15, 0.2) is 16.8 Å². The summed E-state index contributed by atoms with van der Waals surface area (Å²) in [5.74, 6) is 0.0563. The zero-order valence-corrected chi connectivity index (χ0v) is 11.5. The van der Waals surface area contributed by atoms with Crippen LogP contribution >= 0.6 is 11.3 Å². The summed E-state index contributed by atoms with van der Waals surface area (Å²) in [7, 11) is 1.63. The minimum absolute atomic E-state index is 0.0563. The van der Waals surface area contributed by atoms with Gasteiger partial charge < -0.3 is 15.4 Å². The third kappa shape index (κ3) is 3.54. The molecule has 1 atom stereocenters. The van der Waals surface area contributed by atoms with Crippen molar-refractivity contribution in [3.63, 3.8) is 0 Å². The molecule has 2 rings (SSSR count). The molecule has 1 fully saturated rings. The van der Waals surface area contributed by atoms with E-state index < -0.39 is 6.04 Å². The number of thiophene rings is 1. The molecule has 2 N–H and O–H groups in total. The van der Waals surface area contributed by atoms with Crippen LogP contribution in [-0.2, 0) is 16.1 Å². The van der Waals surface area contributed by atoms with Gasteiger partial charge in [0.2, 0.25) is 5.91 Å². The topological polar surface area (TPSA) is 55.6 Å². The normalized spacial score (nSPS) is 16.6. The molecule has 5 heteroatoms. The summed E-state index contributed by atoms with van der Waals surface area (Å²) in [6.45, 7) is 1.22. The third-order valence-electron chi connectivity index (χ3n) is 3.15. The fourth-order valence-electron chi connectivity index (χ4n) is 1.93. The number of nitrogens with two attached hydrogens (primary N) is 1. The van der Waals surface area contributed by atoms with Crippen LogP contribution in [-0.4, -0.2) is 36.6 Å². The van der Waals surface area contributed by atoms with Crippen LogP contribution in [0.4, 0.5) is 0 Å². The molecule has 1 aromatic heterocycles. The van der Waals surface area contributed by atoms with Crippen molar-refractivity contribution in [2.45, 2.75) is 37.9 Å². The van der Waals surface area contributed by atoms with E-state index >= 15 is 0 Å². The average molecular weight is 268 g/mol. The van der Waals surface area contributed by atoms with Crippen molar-refractivity contribution in [2.75, 3.05) is 13.7 Å². The van der Waals surface area contributed by atoms with E-state index in [1.165, 1.54) is 5.56 Å². The zero-order chi connectivity index (χ0) is 13.0. The van der Waals surface area contributed by atoms with Gasteiger partial charge in [-0.25, -0.2) is 0 Å². The van der Waals surface area contributed by atoms with E-state index in [2.05, 4.69) is 11.4 Å². The Labute approximate surface area is 112 Å². The van der Waals surface area contributed by atoms with Crippen LogP contribution < -0.4 is 5.73 Å². The summed E-state index contributed by atoms with van der Waals surface area (Å²) in [6.07, 6.45) is 2.79. The van der Waals surface area contributed by atoms with E-state index in [1.54, 1.807) is 18.4 Å². The van der Waals surface area contributed by atoms with Crippen molar-refractivity contribution >= 4 is 17.2 Å². The molecule has 0 bridgehead atoms. The van der Waals surface area contributed by atoms with E-state index in [-0.39, 0.29) is 5.91 Å². The van der Waals surface area contributed by atoms with Gasteiger partial charge in [0, 0.05) is 26.3 Å². The van der Waals surface area contributed by atoms with Gasteiger partial charge in [0.05, 0.1) is 6.04 Å². The Hall–Kier alpha value is -0.910. The highest BCUT2D eigenvalue weighted by Crippen LogP contribution is 2.29. The van der Waals surface area contributed by atoms with Gasteiger partial charge in [-0.3, -0.25) is 4.79 Å². The Bertz CT molecular complexity index is 376. The van der Waals surface area contributed by atoms with Crippen LogP contribution in [0.2, 0.25) is 0 Å². The monoisotopic (exact) mass is 268 g/mol. The number of carbonyl (C=O) groups excluding carboxylic acids is 1. The average Bonchev–Trinajstić information content (AvgIpc) is 3.09. The smallest absolute Gasteiger partial charge is 0.240 e. The number of amides is 1. The Balaban J connectivity index is 1.94. The summed E-state index contributed by atoms with van der Waals surface area (Å²) >= 11 is 1.66. The van der Waals surface area contributed by atoms with Crippen LogP contribution in [0.5, 0.6) is 0 Å². The molecule has 1 aromatic rings. The second-order valence-electron chi connectivity index (χ2n) is 4.72. The van der Waals surface area contributed by atoms with Crippen molar-refractivity contribution in [1.82, 2.24) is 4.90 Å². The largest absolute Gasteiger partial charge is 0.385 e. The maximum atomic E-state index is 12.3. The quantitative estimate of drug-likeness (QED) is 0.817. The Morgan fingerprint density at radius 2 is 2.44 bits per heavy atom. The van der Waals surface area contributed by atoms with Crippen molar-refractivity contribution in [2.24, 2.45) is 5.73 Å². The first-order valence-electron chi connectivity index (χ1n) is 6.28. The first-order chi connectivity index (χ1) is 8.72. The van der Waals surface area contributed by atoms with E-state index in [0.717, 1.165) is 12.8 Å². The molecule has 100 valence electrons. The number of hydrogen-bond acceptors (Lipinski definition) is 4. The SMILES string of the molecule is COCCC(N)C(=O)N(Cc1ccsc1)C1CC1. The number of rotatable bonds is 7. The first-order valence-corrected chi connectivity index (χ1v) is 7.22. The number of ether oxygens (including phenoxy) is 1. The summed E-state index contributed by atoms with van der Waals surface area (Å²) in [5.41, 5.74) is 7.12. The molecule has 4 nitrogen and oxygen atoms in total. The second-order valence-corrected chi connectivity index (χ2v) is 5.50. The Kier molecular flexibility index (Phi) is 4.74. The van der Waals surface area contributed by atoms with Gasteiger partial charge in [-0.1, -0.05) is 0 Å². The van der Waals surface area contributed by atoms with E-state index in [4.69, 9.17) is 10.5 Å². The summed E-state index contributed by atoms with van der Waals surface area (Å²) in [4.78, 5) is 14.2. The molecular weight excluding hydrogens is 248 g/mol. The summed E-state index contributed by atoms with van der Waals surface area (Å²) < 4.78 is 4.98. The van der Waals surface area contributed by atoms with Crippen molar-refractivity contribution in [3.8, 4) is 0 Å². The number of methoxy groups -OCH3 is 1. The molecule has 1 amide bonds. The predicted molar refractivity (Wildman–Crippen MR) is 72.4 cm³/mol. The number of carbonyl (C=O) groups is 1. The maximum absolute atomic E-state index is 12.3. The standard InChI is InChI=1S/C13H20N2O2S/c1-17-6-4-12(14)13(16)15(11-2-3-11)8-10-5-7-18-9-10/h5,7,9,11-12H,2-4,6,8,14H2,1H3. The maximum Gasteiger partial charge on any atom is 0.240 e. The van der Waals surface area contributed by atoms with Gasteiger partial charge in [0.25, 0.3) is 0 Å². The van der Waals surface area contributed by atoms with Gasteiger partial charge in [0.1, 0.15) is 0 Å². The molecule has 1 heterocycles. The van der Waals surface area contributed by atoms with Crippen LogP contribution in [0.25, 0.3) is 0 Å². The fourth-order valence-corrected chi connectivity index (χ4v) is 2.59. The summed E-state index contributed by atoms with van der Waals surface area (Å²) in [5, 5.41) is 4.12. The zero-order valence-electron chi connectivity index (χ0n) is 10.7. The lowest BCUT2D eigenvalue weighted by molar-refractivity contribution is -0.134. The van der Waals surface area contributed by atoms with Crippen molar-refractivity contribution in [1.29, 1.82) is 0 Å². The van der Waals surface area contributed by atoms with Gasteiger partial charge >= 0.3 is 0 Å². The van der Waals surface area contributed by atoms with Gasteiger partial charge in [-0.15, -0.1) is 0 Å². The van der Waals surface area contributed by atoms with Crippen molar-refractivity contribution < 1.29 is 9.53 Å². The van der Waals surface area contributed by atoms with E-state index in [1.807, 2.05) is 10.3 Å². The highest BCUT2D eigenvalue weighted by molar-refractivity contribution is 7.07. The highest BCUT2D eigenvalue weighted by atomic mass is 32.1. The number of nitrogens with zero attached hydrogens (tertiary/aromatic N) is 1. The molecule has 0 aromatic carbocycles. The van der Waals surface area contributed by atoms with Crippen molar-refractivity contribution in [3.05, 3.63) is 22.4 Å². The molecule has 1 aliphatic carbocycles. The molecule has 0 aliphatic heterocycles. The van der Waals surface area contributed by atoms with E-state index in [9.17, 15) is 4.79 Å². The molecule has 1 aliphatic rings. The highest BCUT2D eigenvalue weighted by Gasteiger charge is 2.34. The van der Waals surface area contributed by atoms with Crippen LogP contribution in [0, 0.1) is 0 Å². The molecule has 18 heavy (non-hydrogen) atoms. The van der Waals surface area contributed by atoms with Crippen LogP contribution in [0.3, 0.4) is 0 Å². The minimum Gasteiger partial charge on any atom is -0.385 e. The molecule has 1 saturated carbocycles. The molecule has 0 saturated heterocycles. The summed E-state index contributed by atoms with van der Waals surface area (Å²) in [6, 6.07) is 2.02. The van der Waals surface area contributed by atoms with Gasteiger partial charge in [-0.05, 0) is 41.7 Å². The van der Waals surface area contributed by atoms with E-state index in [0.29, 0.717) is 25.6 Å². The Morgan fingerprint density at radius 1 is 1.67 bits per heavy atom. The Morgan fingerprint density at radius 3 is 3.00 bits per heavy atom. The third-order valence-corrected chi connectivity index (χ3v) is 3.89. The van der Waals surface area contributed by atoms with Gasteiger partial charge in [0.15, 0.2) is 0 Å². The minimum atomic E-state index is -0.441. The van der Waals surface area contributed by atoms with Crippen LogP contribution in [0.1, 0.15) is 24.8 Å². The first kappa shape index (κ1) is 13.5. The lowest BCUT2D eigenvalue weighted by Gasteiger charge is -2.25.